The van der Waals surface area contributed by atoms with Gasteiger partial charge in [-0.15, -0.1) is 0 Å². The van der Waals surface area contributed by atoms with E-state index >= 15 is 0 Å². The van der Waals surface area contributed by atoms with Crippen molar-refractivity contribution in [2.45, 2.75) is 25.2 Å². The third-order valence-electron chi connectivity index (χ3n) is 2.03. The summed E-state index contributed by atoms with van der Waals surface area (Å²) in [6, 6.07) is 0. The lowest BCUT2D eigenvalue weighted by molar-refractivity contribution is -0.0834. The second kappa shape index (κ2) is 6.28. The minimum atomic E-state index is -1.23. The van der Waals surface area contributed by atoms with Crippen LogP contribution < -0.4 is 5.32 Å². The van der Waals surface area contributed by atoms with E-state index in [1.165, 1.54) is 0 Å². The van der Waals surface area contributed by atoms with Gasteiger partial charge in [0.1, 0.15) is 6.10 Å². The van der Waals surface area contributed by atoms with Crippen LogP contribution in [0, 0.1) is 5.92 Å². The predicted molar refractivity (Wildman–Crippen MR) is 48.2 cm³/mol. The molecule has 1 unspecified atom stereocenters. The van der Waals surface area contributed by atoms with Gasteiger partial charge < -0.3 is 25.7 Å². The van der Waals surface area contributed by atoms with E-state index in [4.69, 9.17) is 5.11 Å². The molecule has 5 N–H and O–H groups in total. The van der Waals surface area contributed by atoms with Crippen LogP contribution in [-0.4, -0.2) is 58.9 Å². The fourth-order valence-corrected chi connectivity index (χ4v) is 1.00. The molecule has 0 aliphatic carbocycles. The zero-order valence-electron chi connectivity index (χ0n) is 8.01. The Morgan fingerprint density at radius 2 is 1.69 bits per heavy atom. The van der Waals surface area contributed by atoms with Crippen molar-refractivity contribution in [1.29, 1.82) is 0 Å². The Hall–Kier alpha value is -0.200. The van der Waals surface area contributed by atoms with Crippen LogP contribution in [0.4, 0.5) is 0 Å². The smallest absolute Gasteiger partial charge is 0.107 e. The summed E-state index contributed by atoms with van der Waals surface area (Å²) in [5, 5.41) is 39.4. The highest BCUT2D eigenvalue weighted by atomic mass is 16.4. The quantitative estimate of drug-likeness (QED) is 0.334. The Bertz CT molecular complexity index is 133. The summed E-state index contributed by atoms with van der Waals surface area (Å²) in [5.41, 5.74) is 0. The first kappa shape index (κ1) is 12.8. The van der Waals surface area contributed by atoms with Crippen molar-refractivity contribution in [3.05, 3.63) is 0 Å². The zero-order chi connectivity index (χ0) is 10.4. The molecular weight excluding hydrogens is 174 g/mol. The van der Waals surface area contributed by atoms with Crippen molar-refractivity contribution in [1.82, 2.24) is 5.32 Å². The fraction of sp³-hybridized carbons (Fsp3) is 1.00. The number of nitrogens with one attached hydrogen (secondary N) is 1. The van der Waals surface area contributed by atoms with Crippen LogP contribution >= 0.6 is 0 Å². The summed E-state index contributed by atoms with van der Waals surface area (Å²) in [6.07, 6.45) is -3.35. The summed E-state index contributed by atoms with van der Waals surface area (Å²) in [4.78, 5) is 0. The standard InChI is InChI=1S/C8H19NO4/c1-5(4-10)7(12)8(13)6(11)3-9-2/h5-13H,3-4H2,1-2H3/t5?,6-,7+,8+/m0/s1. The third kappa shape index (κ3) is 4.02. The van der Waals surface area contributed by atoms with Crippen LogP contribution in [0.1, 0.15) is 6.92 Å². The molecule has 0 spiro atoms. The number of hydrogen-bond donors (Lipinski definition) is 5. The molecule has 0 heterocycles. The van der Waals surface area contributed by atoms with Gasteiger partial charge in [0.25, 0.3) is 0 Å². The number of aliphatic hydroxyl groups is 4. The van der Waals surface area contributed by atoms with E-state index in [1.54, 1.807) is 14.0 Å². The molecule has 0 aromatic carbocycles. The molecule has 0 saturated carbocycles. The van der Waals surface area contributed by atoms with Crippen molar-refractivity contribution in [2.24, 2.45) is 5.92 Å². The second-order valence-electron chi connectivity index (χ2n) is 3.27. The van der Waals surface area contributed by atoms with Crippen LogP contribution in [0.3, 0.4) is 0 Å². The molecule has 0 aliphatic heterocycles. The monoisotopic (exact) mass is 193 g/mol. The Kier molecular flexibility index (Phi) is 6.19. The summed E-state index contributed by atoms with van der Waals surface area (Å²) < 4.78 is 0. The van der Waals surface area contributed by atoms with Crippen molar-refractivity contribution in [2.75, 3.05) is 20.2 Å². The van der Waals surface area contributed by atoms with E-state index in [1.807, 2.05) is 0 Å². The number of aliphatic hydroxyl groups excluding tert-OH is 4. The van der Waals surface area contributed by atoms with E-state index in [0.717, 1.165) is 0 Å². The normalized spacial score (nSPS) is 20.8. The van der Waals surface area contributed by atoms with Crippen molar-refractivity contribution in [3.63, 3.8) is 0 Å². The first-order valence-corrected chi connectivity index (χ1v) is 4.34. The van der Waals surface area contributed by atoms with E-state index in [0.29, 0.717) is 0 Å². The Balaban J connectivity index is 3.99. The average molecular weight is 193 g/mol. The lowest BCUT2D eigenvalue weighted by Gasteiger charge is -2.26. The molecular formula is C8H19NO4. The molecule has 0 bridgehead atoms. The lowest BCUT2D eigenvalue weighted by Crippen LogP contribution is -2.45. The highest BCUT2D eigenvalue weighted by Crippen LogP contribution is 2.09. The van der Waals surface area contributed by atoms with E-state index in [2.05, 4.69) is 5.32 Å². The molecule has 5 nitrogen and oxygen atoms in total. The lowest BCUT2D eigenvalue weighted by atomic mass is 9.97. The molecule has 0 radical (unpaired) electrons. The molecule has 0 amide bonds. The number of rotatable bonds is 6. The summed E-state index contributed by atoms with van der Waals surface area (Å²) >= 11 is 0. The molecule has 0 fully saturated rings. The summed E-state index contributed by atoms with van der Waals surface area (Å²) in [7, 11) is 1.64. The maximum atomic E-state index is 9.39. The molecule has 0 saturated heterocycles. The second-order valence-corrected chi connectivity index (χ2v) is 3.27. The first-order valence-electron chi connectivity index (χ1n) is 4.34. The first-order chi connectivity index (χ1) is 6.04. The highest BCUT2D eigenvalue weighted by molar-refractivity contribution is 4.79. The summed E-state index contributed by atoms with van der Waals surface area (Å²) in [6.45, 7) is 1.58. The molecule has 0 aromatic heterocycles. The summed E-state index contributed by atoms with van der Waals surface area (Å²) in [5.74, 6) is -0.443. The van der Waals surface area contributed by atoms with Crippen LogP contribution in [0.25, 0.3) is 0 Å². The maximum absolute atomic E-state index is 9.39. The van der Waals surface area contributed by atoms with Gasteiger partial charge in [0, 0.05) is 19.1 Å². The molecule has 0 aliphatic rings. The Morgan fingerprint density at radius 3 is 2.08 bits per heavy atom. The van der Waals surface area contributed by atoms with Crippen LogP contribution in [-0.2, 0) is 0 Å². The Labute approximate surface area is 78.0 Å². The van der Waals surface area contributed by atoms with E-state index < -0.39 is 24.2 Å². The number of hydrogen-bond acceptors (Lipinski definition) is 5. The van der Waals surface area contributed by atoms with Gasteiger partial charge in [0.15, 0.2) is 0 Å². The van der Waals surface area contributed by atoms with Gasteiger partial charge in [-0.2, -0.15) is 0 Å². The minimum absolute atomic E-state index is 0.205. The molecule has 0 aromatic rings. The Morgan fingerprint density at radius 1 is 1.15 bits per heavy atom. The topological polar surface area (TPSA) is 93.0 Å². The van der Waals surface area contributed by atoms with Gasteiger partial charge in [0.2, 0.25) is 0 Å². The van der Waals surface area contributed by atoms with E-state index in [-0.39, 0.29) is 13.2 Å². The van der Waals surface area contributed by atoms with Gasteiger partial charge in [-0.25, -0.2) is 0 Å². The van der Waals surface area contributed by atoms with Gasteiger partial charge in [-0.05, 0) is 7.05 Å². The van der Waals surface area contributed by atoms with Crippen molar-refractivity contribution in [3.8, 4) is 0 Å². The fourth-order valence-electron chi connectivity index (χ4n) is 1.00. The zero-order valence-corrected chi connectivity index (χ0v) is 8.01. The molecule has 4 atom stereocenters. The molecule has 80 valence electrons. The van der Waals surface area contributed by atoms with Crippen molar-refractivity contribution >= 4 is 0 Å². The van der Waals surface area contributed by atoms with Gasteiger partial charge in [-0.1, -0.05) is 6.92 Å². The molecule has 5 heteroatoms. The van der Waals surface area contributed by atoms with E-state index in [9.17, 15) is 15.3 Å². The average Bonchev–Trinajstić information content (AvgIpc) is 2.14. The molecule has 0 rings (SSSR count). The largest absolute Gasteiger partial charge is 0.396 e. The third-order valence-corrected chi connectivity index (χ3v) is 2.03. The van der Waals surface area contributed by atoms with Crippen LogP contribution in [0.2, 0.25) is 0 Å². The maximum Gasteiger partial charge on any atom is 0.107 e. The SMILES string of the molecule is CNC[C@H](O)[C@@H](O)[C@H](O)C(C)CO. The van der Waals surface area contributed by atoms with Crippen LogP contribution in [0.5, 0.6) is 0 Å². The van der Waals surface area contributed by atoms with Gasteiger partial charge >= 0.3 is 0 Å². The van der Waals surface area contributed by atoms with Crippen molar-refractivity contribution < 1.29 is 20.4 Å². The molecule has 13 heavy (non-hydrogen) atoms. The van der Waals surface area contributed by atoms with Gasteiger partial charge in [-0.3, -0.25) is 0 Å². The predicted octanol–water partition coefficient (Wildman–Crippen LogP) is -2.08. The minimum Gasteiger partial charge on any atom is -0.396 e. The van der Waals surface area contributed by atoms with Crippen LogP contribution in [0.15, 0.2) is 0 Å². The highest BCUT2D eigenvalue weighted by Gasteiger charge is 2.27. The van der Waals surface area contributed by atoms with Gasteiger partial charge in [0.05, 0.1) is 12.2 Å². The number of likely N-dealkylation sites (N-methyl/N-ethyl adjacent to an activating group) is 1.